The summed E-state index contributed by atoms with van der Waals surface area (Å²) in [6.07, 6.45) is 2.51. The molecule has 52 valence electrons. The molecule has 1 aliphatic heterocycles. The van der Waals surface area contributed by atoms with E-state index >= 15 is 0 Å². The summed E-state index contributed by atoms with van der Waals surface area (Å²) in [5.74, 6) is 0. The van der Waals surface area contributed by atoms with E-state index in [0.29, 0.717) is 0 Å². The predicted molar refractivity (Wildman–Crippen MR) is 42.8 cm³/mol. The van der Waals surface area contributed by atoms with Crippen LogP contribution >= 0.6 is 11.8 Å². The van der Waals surface area contributed by atoms with Crippen molar-refractivity contribution in [2.75, 3.05) is 0 Å². The number of allylic oxidation sites excluding steroid dienone is 2. The molecule has 0 unspecified atom stereocenters. The number of rotatable bonds is 1. The zero-order valence-corrected chi connectivity index (χ0v) is 6.53. The monoisotopic (exact) mass is 152 g/mol. The molecule has 0 amide bonds. The maximum atomic E-state index is 8.28. The van der Waals surface area contributed by atoms with Gasteiger partial charge in [0.15, 0.2) is 0 Å². The predicted octanol–water partition coefficient (Wildman–Crippen LogP) is 1.94. The zero-order valence-electron chi connectivity index (χ0n) is 5.72. The van der Waals surface area contributed by atoms with Crippen molar-refractivity contribution in [2.24, 2.45) is 0 Å². The van der Waals surface area contributed by atoms with E-state index in [0.717, 1.165) is 11.4 Å². The average Bonchev–Trinajstić information content (AvgIpc) is 2.37. The molecule has 0 aromatic carbocycles. The lowest BCUT2D eigenvalue weighted by Gasteiger charge is -1.97. The van der Waals surface area contributed by atoms with E-state index in [1.807, 2.05) is 11.5 Å². The third-order valence-corrected chi connectivity index (χ3v) is 2.06. The number of nitrogens with one attached hydrogen (secondary N) is 1. The van der Waals surface area contributed by atoms with Crippen LogP contribution in [0.2, 0.25) is 0 Å². The minimum atomic E-state index is 0.930. The summed E-state index contributed by atoms with van der Waals surface area (Å²) >= 11 is 1.57. The minimum Gasteiger partial charge on any atom is -0.352 e. The largest absolute Gasteiger partial charge is 0.352 e. The third kappa shape index (κ3) is 1.55. The van der Waals surface area contributed by atoms with Crippen LogP contribution in [0.15, 0.2) is 22.2 Å². The second-order valence-corrected chi connectivity index (χ2v) is 2.79. The van der Waals surface area contributed by atoms with Gasteiger partial charge in [-0.25, -0.2) is 0 Å². The fraction of sp³-hybridized carbons (Fsp3) is 0.286. The van der Waals surface area contributed by atoms with Crippen LogP contribution in [0.25, 0.3) is 0 Å². The number of hydrogen-bond donors (Lipinski definition) is 1. The van der Waals surface area contributed by atoms with Crippen LogP contribution in [-0.2, 0) is 0 Å². The minimum absolute atomic E-state index is 0.930. The Morgan fingerprint density at radius 3 is 3.20 bits per heavy atom. The Morgan fingerprint density at radius 2 is 2.70 bits per heavy atom. The van der Waals surface area contributed by atoms with Crippen LogP contribution in [0, 0.1) is 11.3 Å². The average molecular weight is 152 g/mol. The van der Waals surface area contributed by atoms with Gasteiger partial charge in [-0.15, -0.1) is 0 Å². The molecule has 10 heavy (non-hydrogen) atoms. The molecule has 2 nitrogen and oxygen atoms in total. The van der Waals surface area contributed by atoms with Crippen LogP contribution in [0.5, 0.6) is 0 Å². The summed E-state index contributed by atoms with van der Waals surface area (Å²) in [5, 5.41) is 14.3. The van der Waals surface area contributed by atoms with Gasteiger partial charge in [0.05, 0.1) is 11.1 Å². The summed E-state index contributed by atoms with van der Waals surface area (Å²) < 4.78 is 0. The van der Waals surface area contributed by atoms with E-state index in [1.165, 1.54) is 11.8 Å². The first-order valence-electron chi connectivity index (χ1n) is 3.09. The second kappa shape index (κ2) is 3.33. The van der Waals surface area contributed by atoms with Gasteiger partial charge in [0.1, 0.15) is 0 Å². The summed E-state index contributed by atoms with van der Waals surface area (Å²) in [6.45, 7) is 2.08. The quantitative estimate of drug-likeness (QED) is 0.583. The van der Waals surface area contributed by atoms with Crippen molar-refractivity contribution in [3.63, 3.8) is 0 Å². The Balaban J connectivity index is 2.53. The molecule has 1 rings (SSSR count). The highest BCUT2D eigenvalue weighted by molar-refractivity contribution is 8.06. The molecule has 0 saturated heterocycles. The fourth-order valence-electron chi connectivity index (χ4n) is 0.652. The standard InChI is InChI=1S/C7H8N2S/c1-2-6-5-10-7(9-6)3-4-8/h3,5,9H,2H2,1H3/b7-3-. The second-order valence-electron chi connectivity index (χ2n) is 1.88. The van der Waals surface area contributed by atoms with E-state index < -0.39 is 0 Å². The maximum Gasteiger partial charge on any atom is 0.0939 e. The number of nitriles is 1. The molecule has 0 fully saturated rings. The van der Waals surface area contributed by atoms with Gasteiger partial charge in [-0.05, 0) is 11.8 Å². The molecule has 1 heterocycles. The van der Waals surface area contributed by atoms with Crippen molar-refractivity contribution < 1.29 is 0 Å². The van der Waals surface area contributed by atoms with Crippen molar-refractivity contribution in [3.8, 4) is 6.07 Å². The molecule has 0 saturated carbocycles. The first-order valence-corrected chi connectivity index (χ1v) is 3.97. The maximum absolute atomic E-state index is 8.28. The molecular weight excluding hydrogens is 144 g/mol. The third-order valence-electron chi connectivity index (χ3n) is 1.19. The molecule has 0 radical (unpaired) electrons. The lowest BCUT2D eigenvalue weighted by atomic mass is 10.4. The lowest BCUT2D eigenvalue weighted by molar-refractivity contribution is 0.950. The molecule has 0 atom stereocenters. The van der Waals surface area contributed by atoms with Gasteiger partial charge in [0.2, 0.25) is 0 Å². The van der Waals surface area contributed by atoms with E-state index in [2.05, 4.69) is 12.2 Å². The number of thioether (sulfide) groups is 1. The van der Waals surface area contributed by atoms with Gasteiger partial charge in [-0.2, -0.15) is 5.26 Å². The molecule has 0 aromatic rings. The molecular formula is C7H8N2S. The van der Waals surface area contributed by atoms with Crippen LogP contribution in [-0.4, -0.2) is 0 Å². The zero-order chi connectivity index (χ0) is 7.40. The first kappa shape index (κ1) is 7.23. The van der Waals surface area contributed by atoms with Crippen molar-refractivity contribution in [1.29, 1.82) is 5.26 Å². The van der Waals surface area contributed by atoms with Gasteiger partial charge < -0.3 is 5.32 Å². The van der Waals surface area contributed by atoms with Crippen molar-refractivity contribution in [2.45, 2.75) is 13.3 Å². The van der Waals surface area contributed by atoms with Crippen molar-refractivity contribution in [1.82, 2.24) is 5.32 Å². The molecule has 3 heteroatoms. The highest BCUT2D eigenvalue weighted by Crippen LogP contribution is 2.24. The smallest absolute Gasteiger partial charge is 0.0939 e. The Labute approximate surface area is 64.6 Å². The molecule has 1 aliphatic rings. The van der Waals surface area contributed by atoms with Gasteiger partial charge in [0.25, 0.3) is 0 Å². The Morgan fingerprint density at radius 1 is 1.90 bits per heavy atom. The Hall–Kier alpha value is -0.880. The highest BCUT2D eigenvalue weighted by Gasteiger charge is 2.05. The molecule has 0 aromatic heterocycles. The summed E-state index contributed by atoms with van der Waals surface area (Å²) in [5.41, 5.74) is 1.19. The topological polar surface area (TPSA) is 35.8 Å². The van der Waals surface area contributed by atoms with Gasteiger partial charge in [-0.1, -0.05) is 18.7 Å². The fourth-order valence-corrected chi connectivity index (χ4v) is 1.46. The summed E-state index contributed by atoms with van der Waals surface area (Å²) in [4.78, 5) is 0. The first-order chi connectivity index (χ1) is 4.86. The van der Waals surface area contributed by atoms with Crippen LogP contribution in [0.1, 0.15) is 13.3 Å². The van der Waals surface area contributed by atoms with Gasteiger partial charge in [0, 0.05) is 11.8 Å². The summed E-state index contributed by atoms with van der Waals surface area (Å²) in [6, 6.07) is 1.98. The van der Waals surface area contributed by atoms with Crippen molar-refractivity contribution >= 4 is 11.8 Å². The van der Waals surface area contributed by atoms with E-state index in [-0.39, 0.29) is 0 Å². The highest BCUT2D eigenvalue weighted by atomic mass is 32.2. The van der Waals surface area contributed by atoms with E-state index in [4.69, 9.17) is 5.26 Å². The molecule has 1 N–H and O–H groups in total. The van der Waals surface area contributed by atoms with Crippen LogP contribution in [0.4, 0.5) is 0 Å². The lowest BCUT2D eigenvalue weighted by Crippen LogP contribution is -2.03. The Kier molecular flexibility index (Phi) is 2.41. The van der Waals surface area contributed by atoms with Crippen LogP contribution in [0.3, 0.4) is 0 Å². The SMILES string of the molecule is CCC1=CS/C(=C\C#N)N1. The van der Waals surface area contributed by atoms with Gasteiger partial charge >= 0.3 is 0 Å². The summed E-state index contributed by atoms with van der Waals surface area (Å²) in [7, 11) is 0. The number of hydrogen-bond acceptors (Lipinski definition) is 3. The van der Waals surface area contributed by atoms with E-state index in [9.17, 15) is 0 Å². The molecule has 0 spiro atoms. The van der Waals surface area contributed by atoms with Crippen molar-refractivity contribution in [3.05, 3.63) is 22.2 Å². The molecule has 0 aliphatic carbocycles. The van der Waals surface area contributed by atoms with Crippen LogP contribution < -0.4 is 5.32 Å². The number of nitrogens with zero attached hydrogens (tertiary/aromatic N) is 1. The van der Waals surface area contributed by atoms with E-state index in [1.54, 1.807) is 11.8 Å². The Bertz CT molecular complexity index is 222. The van der Waals surface area contributed by atoms with Gasteiger partial charge in [-0.3, -0.25) is 0 Å². The molecule has 0 bridgehead atoms. The normalized spacial score (nSPS) is 20.0.